The van der Waals surface area contributed by atoms with Gasteiger partial charge < -0.3 is 4.74 Å². The summed E-state index contributed by atoms with van der Waals surface area (Å²) in [7, 11) is 1.65. The summed E-state index contributed by atoms with van der Waals surface area (Å²) in [4.78, 5) is 12.9. The van der Waals surface area contributed by atoms with Crippen LogP contribution in [0.25, 0.3) is 0 Å². The van der Waals surface area contributed by atoms with E-state index in [0.717, 1.165) is 21.3 Å². The first-order chi connectivity index (χ1) is 14.1. The smallest absolute Gasteiger partial charge is 0.244 e. The van der Waals surface area contributed by atoms with Gasteiger partial charge in [-0.15, -0.1) is 0 Å². The number of amides is 1. The lowest BCUT2D eigenvalue weighted by Gasteiger charge is -2.18. The summed E-state index contributed by atoms with van der Waals surface area (Å²) < 4.78 is 6.26. The van der Waals surface area contributed by atoms with Crippen molar-refractivity contribution < 1.29 is 9.53 Å². The van der Waals surface area contributed by atoms with Crippen LogP contribution in [0, 0.1) is 9.49 Å². The molecule has 1 unspecified atom stereocenters. The monoisotopic (exact) mass is 496 g/mol. The Balaban J connectivity index is 1.51. The number of rotatable bonds is 6. The molecule has 0 aromatic heterocycles. The van der Waals surface area contributed by atoms with E-state index in [9.17, 15) is 4.79 Å². The van der Waals surface area contributed by atoms with E-state index in [1.807, 2.05) is 54.6 Å². The molecule has 0 radical (unpaired) electrons. The van der Waals surface area contributed by atoms with E-state index in [0.29, 0.717) is 0 Å². The molecule has 1 amide bonds. The second-order valence-electron chi connectivity index (χ2n) is 7.09. The largest absolute Gasteiger partial charge is 0.496 e. The van der Waals surface area contributed by atoms with Crippen LogP contribution in [0.5, 0.6) is 5.75 Å². The number of ether oxygens (including phenoxy) is 1. The van der Waals surface area contributed by atoms with Gasteiger partial charge in [-0.2, -0.15) is 5.10 Å². The van der Waals surface area contributed by atoms with Gasteiger partial charge in [0.25, 0.3) is 0 Å². The number of hydrazone groups is 1. The highest BCUT2D eigenvalue weighted by Gasteiger charge is 2.60. The van der Waals surface area contributed by atoms with Gasteiger partial charge in [0.2, 0.25) is 5.91 Å². The molecule has 0 heterocycles. The maximum Gasteiger partial charge on any atom is 0.244 e. The lowest BCUT2D eigenvalue weighted by atomic mass is 9.85. The van der Waals surface area contributed by atoms with Crippen LogP contribution in [0.15, 0.2) is 84.0 Å². The molecule has 0 saturated heterocycles. The molecule has 4 nitrogen and oxygen atoms in total. The summed E-state index contributed by atoms with van der Waals surface area (Å²) in [6, 6.07) is 26.3. The topological polar surface area (TPSA) is 50.7 Å². The quantitative estimate of drug-likeness (QED) is 0.304. The average Bonchev–Trinajstić information content (AvgIpc) is 3.52. The normalized spacial score (nSPS) is 17.1. The number of nitrogens with one attached hydrogen (secondary N) is 1. The van der Waals surface area contributed by atoms with Crippen molar-refractivity contribution in [2.45, 2.75) is 11.8 Å². The second kappa shape index (κ2) is 8.37. The van der Waals surface area contributed by atoms with Crippen LogP contribution in [0.3, 0.4) is 0 Å². The van der Waals surface area contributed by atoms with Gasteiger partial charge in [0.05, 0.1) is 22.8 Å². The Morgan fingerprint density at radius 2 is 1.69 bits per heavy atom. The average molecular weight is 496 g/mol. The molecule has 3 aromatic carbocycles. The molecule has 3 aromatic rings. The predicted octanol–water partition coefficient (Wildman–Crippen LogP) is 4.76. The third-order valence-corrected chi connectivity index (χ3v) is 6.26. The minimum atomic E-state index is -0.280. The molecule has 0 spiro atoms. The Labute approximate surface area is 184 Å². The minimum absolute atomic E-state index is 0.0582. The number of carbonyl (C=O) groups is 1. The Morgan fingerprint density at radius 3 is 2.24 bits per heavy atom. The molecule has 29 heavy (non-hydrogen) atoms. The first-order valence-corrected chi connectivity index (χ1v) is 10.5. The van der Waals surface area contributed by atoms with Crippen molar-refractivity contribution in [1.82, 2.24) is 5.43 Å². The lowest BCUT2D eigenvalue weighted by Crippen LogP contribution is -2.25. The Kier molecular flexibility index (Phi) is 5.67. The highest BCUT2D eigenvalue weighted by molar-refractivity contribution is 14.1. The molecule has 1 saturated carbocycles. The van der Waals surface area contributed by atoms with Crippen molar-refractivity contribution in [2.75, 3.05) is 7.11 Å². The van der Waals surface area contributed by atoms with Crippen LogP contribution in [-0.2, 0) is 10.2 Å². The van der Waals surface area contributed by atoms with E-state index in [2.05, 4.69) is 57.4 Å². The number of halogens is 1. The van der Waals surface area contributed by atoms with Gasteiger partial charge in [0.1, 0.15) is 5.75 Å². The van der Waals surface area contributed by atoms with Crippen molar-refractivity contribution in [3.63, 3.8) is 0 Å². The standard InChI is InChI=1S/C24H21IN2O2/c1-29-22-13-12-17(14-21(22)25)16-26-27-23(28)20-15-24(20,18-8-4-2-5-9-18)19-10-6-3-7-11-19/h2-14,16,20H,15H2,1H3,(H,27,28). The summed E-state index contributed by atoms with van der Waals surface area (Å²) in [5.41, 5.74) is 5.69. The van der Waals surface area contributed by atoms with Gasteiger partial charge in [-0.3, -0.25) is 4.79 Å². The molecule has 5 heteroatoms. The summed E-state index contributed by atoms with van der Waals surface area (Å²) in [5, 5.41) is 4.18. The highest BCUT2D eigenvalue weighted by atomic mass is 127. The Hall–Kier alpha value is -2.67. The van der Waals surface area contributed by atoms with Crippen LogP contribution in [0.2, 0.25) is 0 Å². The van der Waals surface area contributed by atoms with Gasteiger partial charge in [-0.05, 0) is 63.9 Å². The summed E-state index contributed by atoms with van der Waals surface area (Å²) in [6.45, 7) is 0. The van der Waals surface area contributed by atoms with Crippen LogP contribution in [-0.4, -0.2) is 19.2 Å². The van der Waals surface area contributed by atoms with Crippen molar-refractivity contribution in [3.8, 4) is 5.75 Å². The first-order valence-electron chi connectivity index (χ1n) is 9.42. The van der Waals surface area contributed by atoms with Gasteiger partial charge >= 0.3 is 0 Å². The van der Waals surface area contributed by atoms with Crippen molar-refractivity contribution in [3.05, 3.63) is 99.1 Å². The minimum Gasteiger partial charge on any atom is -0.496 e. The van der Waals surface area contributed by atoms with E-state index in [-0.39, 0.29) is 17.2 Å². The molecule has 0 bridgehead atoms. The van der Waals surface area contributed by atoms with Gasteiger partial charge in [0.15, 0.2) is 0 Å². The van der Waals surface area contributed by atoms with Gasteiger partial charge in [0, 0.05) is 5.41 Å². The van der Waals surface area contributed by atoms with Crippen molar-refractivity contribution in [2.24, 2.45) is 11.0 Å². The summed E-state index contributed by atoms with van der Waals surface area (Å²) >= 11 is 2.22. The molecule has 0 aliphatic heterocycles. The molecule has 1 N–H and O–H groups in total. The van der Waals surface area contributed by atoms with E-state index < -0.39 is 0 Å². The van der Waals surface area contributed by atoms with Crippen LogP contribution in [0.4, 0.5) is 0 Å². The second-order valence-corrected chi connectivity index (χ2v) is 8.25. The molecule has 1 aliphatic rings. The van der Waals surface area contributed by atoms with Gasteiger partial charge in [-0.25, -0.2) is 5.43 Å². The molecular formula is C24H21IN2O2. The maximum absolute atomic E-state index is 12.9. The van der Waals surface area contributed by atoms with Crippen LogP contribution < -0.4 is 10.2 Å². The fourth-order valence-electron chi connectivity index (χ4n) is 3.87. The molecule has 1 fully saturated rings. The molecule has 146 valence electrons. The number of benzene rings is 3. The van der Waals surface area contributed by atoms with E-state index in [1.54, 1.807) is 13.3 Å². The SMILES string of the molecule is COc1ccc(C=NNC(=O)C2CC2(c2ccccc2)c2ccccc2)cc1I. The molecule has 1 aliphatic carbocycles. The van der Waals surface area contributed by atoms with Crippen molar-refractivity contribution >= 4 is 34.7 Å². The third kappa shape index (κ3) is 3.92. The Bertz CT molecular complexity index is 996. The fraction of sp³-hybridized carbons (Fsp3) is 0.167. The van der Waals surface area contributed by atoms with Gasteiger partial charge in [-0.1, -0.05) is 60.7 Å². The summed E-state index contributed by atoms with van der Waals surface area (Å²) in [6.07, 6.45) is 2.44. The fourth-order valence-corrected chi connectivity index (χ4v) is 4.63. The number of nitrogens with zero attached hydrogens (tertiary/aromatic N) is 1. The number of hydrogen-bond donors (Lipinski definition) is 1. The zero-order valence-electron chi connectivity index (χ0n) is 16.0. The zero-order valence-corrected chi connectivity index (χ0v) is 18.2. The lowest BCUT2D eigenvalue weighted by molar-refractivity contribution is -0.122. The van der Waals surface area contributed by atoms with Crippen molar-refractivity contribution in [1.29, 1.82) is 0 Å². The third-order valence-electron chi connectivity index (χ3n) is 5.42. The Morgan fingerprint density at radius 1 is 1.07 bits per heavy atom. The van der Waals surface area contributed by atoms with Crippen LogP contribution >= 0.6 is 22.6 Å². The molecule has 1 atom stereocenters. The summed E-state index contributed by atoms with van der Waals surface area (Å²) in [5.74, 6) is 0.623. The maximum atomic E-state index is 12.9. The zero-order chi connectivity index (χ0) is 20.3. The van der Waals surface area contributed by atoms with E-state index in [4.69, 9.17) is 4.74 Å². The van der Waals surface area contributed by atoms with E-state index >= 15 is 0 Å². The molecule has 4 rings (SSSR count). The number of carbonyl (C=O) groups excluding carboxylic acids is 1. The van der Waals surface area contributed by atoms with E-state index in [1.165, 1.54) is 11.1 Å². The highest BCUT2D eigenvalue weighted by Crippen LogP contribution is 2.58. The first kappa shape index (κ1) is 19.6. The number of hydrogen-bond acceptors (Lipinski definition) is 3. The predicted molar refractivity (Wildman–Crippen MR) is 123 cm³/mol. The van der Waals surface area contributed by atoms with Crippen LogP contribution in [0.1, 0.15) is 23.1 Å². The molecular weight excluding hydrogens is 475 g/mol. The number of methoxy groups -OCH3 is 1.